The Kier molecular flexibility index (Phi) is 4.87. The van der Waals surface area contributed by atoms with Gasteiger partial charge in [0.05, 0.1) is 9.79 Å². The van der Waals surface area contributed by atoms with Crippen LogP contribution >= 0.6 is 0 Å². The van der Waals surface area contributed by atoms with E-state index in [0.29, 0.717) is 0 Å². The molecule has 0 atom stereocenters. The number of phenolic OH excluding ortho intramolecular Hbond substituents is 2. The van der Waals surface area contributed by atoms with E-state index < -0.39 is 35.9 Å². The minimum atomic E-state index is -4.77. The fourth-order valence-corrected chi connectivity index (χ4v) is 5.08. The molecule has 0 radical (unpaired) electrons. The summed E-state index contributed by atoms with van der Waals surface area (Å²) < 4.78 is 50.2. The van der Waals surface area contributed by atoms with Crippen molar-refractivity contribution < 1.29 is 31.8 Å². The number of primary amides is 1. The largest absolute Gasteiger partial charge is 0.508 e. The summed E-state index contributed by atoms with van der Waals surface area (Å²) in [6.45, 7) is 0. The summed E-state index contributed by atoms with van der Waals surface area (Å²) in [5, 5.41) is 18.5. The van der Waals surface area contributed by atoms with Crippen LogP contribution in [0.15, 0.2) is 58.3 Å². The van der Waals surface area contributed by atoms with Crippen molar-refractivity contribution in [2.75, 3.05) is 0 Å². The number of hydrazine groups is 1. The molecule has 0 saturated carbocycles. The molecule has 12 heteroatoms. The lowest BCUT2D eigenvalue weighted by Gasteiger charge is -2.21. The summed E-state index contributed by atoms with van der Waals surface area (Å²) in [4.78, 5) is 10.1. The smallest absolute Gasteiger partial charge is 0.328 e. The van der Waals surface area contributed by atoms with E-state index in [-0.39, 0.29) is 15.3 Å². The second-order valence-electron chi connectivity index (χ2n) is 4.67. The lowest BCUT2D eigenvalue weighted by atomic mass is 10.3. The number of amides is 2. The fourth-order valence-electron chi connectivity index (χ4n) is 1.77. The molecule has 2 aromatic rings. The molecule has 0 bridgehead atoms. The molecule has 0 unspecified atom stereocenters. The molecule has 0 spiro atoms. The van der Waals surface area contributed by atoms with Crippen molar-refractivity contribution >= 4 is 26.1 Å². The molecule has 0 aliphatic heterocycles. The second kappa shape index (κ2) is 6.58. The van der Waals surface area contributed by atoms with E-state index in [1.165, 1.54) is 0 Å². The average Bonchev–Trinajstić information content (AvgIpc) is 2.53. The van der Waals surface area contributed by atoms with Gasteiger partial charge in [0.15, 0.2) is 0 Å². The number of nitrogens with one attached hydrogen (secondary N) is 1. The molecule has 25 heavy (non-hydrogen) atoms. The van der Waals surface area contributed by atoms with Gasteiger partial charge in [-0.3, -0.25) is 0 Å². The van der Waals surface area contributed by atoms with E-state index in [1.54, 1.807) is 5.43 Å². The lowest BCUT2D eigenvalue weighted by molar-refractivity contribution is 0.240. The molecule has 0 aromatic heterocycles. The SMILES string of the molecule is NC(=O)NN(S(=O)(=O)c1ccc(O)cc1)S(=O)(=O)c1ccc(O)cc1. The third-order valence-corrected chi connectivity index (χ3v) is 6.88. The predicted octanol–water partition coefficient (Wildman–Crippen LogP) is 0.0607. The molecular formula is C13H13N3O7S2. The first kappa shape index (κ1) is 18.5. The van der Waals surface area contributed by atoms with Gasteiger partial charge in [0.1, 0.15) is 11.5 Å². The number of benzene rings is 2. The van der Waals surface area contributed by atoms with E-state index in [4.69, 9.17) is 5.73 Å². The van der Waals surface area contributed by atoms with Crippen molar-refractivity contribution in [3.05, 3.63) is 48.5 Å². The van der Waals surface area contributed by atoms with Gasteiger partial charge in [-0.1, -0.05) is 0 Å². The molecule has 0 fully saturated rings. The van der Waals surface area contributed by atoms with Crippen LogP contribution in [0.3, 0.4) is 0 Å². The first-order chi connectivity index (χ1) is 11.5. The van der Waals surface area contributed by atoms with Gasteiger partial charge < -0.3 is 15.9 Å². The van der Waals surface area contributed by atoms with E-state index in [9.17, 15) is 31.8 Å². The molecule has 0 saturated heterocycles. The van der Waals surface area contributed by atoms with Gasteiger partial charge in [-0.25, -0.2) is 27.1 Å². The van der Waals surface area contributed by atoms with Gasteiger partial charge in [0.25, 0.3) is 20.0 Å². The maximum Gasteiger partial charge on any atom is 0.328 e. The summed E-state index contributed by atoms with van der Waals surface area (Å²) in [7, 11) is -9.54. The van der Waals surface area contributed by atoms with Crippen LogP contribution in [0.1, 0.15) is 0 Å². The van der Waals surface area contributed by atoms with E-state index in [1.807, 2.05) is 0 Å². The number of carbonyl (C=O) groups is 1. The summed E-state index contributed by atoms with van der Waals surface area (Å²) in [5.41, 5.74) is 6.45. The number of hydrogen-bond acceptors (Lipinski definition) is 7. The monoisotopic (exact) mass is 387 g/mol. The van der Waals surface area contributed by atoms with Crippen molar-refractivity contribution in [1.82, 2.24) is 9.25 Å². The minimum Gasteiger partial charge on any atom is -0.508 e. The van der Waals surface area contributed by atoms with Crippen LogP contribution in [-0.4, -0.2) is 36.9 Å². The molecular weight excluding hydrogens is 374 g/mol. The fraction of sp³-hybridized carbons (Fsp3) is 0. The lowest BCUT2D eigenvalue weighted by Crippen LogP contribution is -2.51. The van der Waals surface area contributed by atoms with E-state index >= 15 is 0 Å². The van der Waals surface area contributed by atoms with E-state index in [2.05, 4.69) is 0 Å². The zero-order chi connectivity index (χ0) is 18.8. The third-order valence-electron chi connectivity index (χ3n) is 2.91. The Bertz CT molecular complexity index is 909. The Morgan fingerprint density at radius 1 is 0.800 bits per heavy atom. The van der Waals surface area contributed by atoms with Crippen LogP contribution in [0.25, 0.3) is 0 Å². The maximum atomic E-state index is 12.6. The first-order valence-corrected chi connectivity index (χ1v) is 9.38. The van der Waals surface area contributed by atoms with Gasteiger partial charge in [-0.15, -0.1) is 0 Å². The predicted molar refractivity (Wildman–Crippen MR) is 85.1 cm³/mol. The highest BCUT2D eigenvalue weighted by Crippen LogP contribution is 2.24. The number of urea groups is 1. The van der Waals surface area contributed by atoms with Gasteiger partial charge in [-0.05, 0) is 48.5 Å². The van der Waals surface area contributed by atoms with Crippen molar-refractivity contribution in [2.45, 2.75) is 9.79 Å². The van der Waals surface area contributed by atoms with Gasteiger partial charge >= 0.3 is 6.03 Å². The quantitative estimate of drug-likeness (QED) is 0.526. The maximum absolute atomic E-state index is 12.6. The molecule has 0 aliphatic carbocycles. The highest BCUT2D eigenvalue weighted by molar-refractivity contribution is 8.04. The molecule has 134 valence electrons. The second-order valence-corrected chi connectivity index (χ2v) is 8.48. The first-order valence-electron chi connectivity index (χ1n) is 6.50. The Morgan fingerprint density at radius 3 is 1.40 bits per heavy atom. The third kappa shape index (κ3) is 3.81. The average molecular weight is 387 g/mol. The van der Waals surface area contributed by atoms with Crippen LogP contribution < -0.4 is 11.2 Å². The number of sulfonamides is 2. The summed E-state index contributed by atoms with van der Waals surface area (Å²) in [6, 6.07) is 6.50. The normalized spacial score (nSPS) is 12.0. The Hall–Kier alpha value is -2.83. The molecule has 10 nitrogen and oxygen atoms in total. The zero-order valence-electron chi connectivity index (χ0n) is 12.4. The number of nitrogens with zero attached hydrogens (tertiary/aromatic N) is 1. The number of carbonyl (C=O) groups excluding carboxylic acids is 1. The highest BCUT2D eigenvalue weighted by Gasteiger charge is 2.38. The topological polar surface area (TPSA) is 167 Å². The number of phenols is 2. The minimum absolute atomic E-state index is 0.241. The van der Waals surface area contributed by atoms with Crippen LogP contribution in [0.2, 0.25) is 0 Å². The summed E-state index contributed by atoms with van der Waals surface area (Å²) >= 11 is 0. The number of hydrogen-bond donors (Lipinski definition) is 4. The van der Waals surface area contributed by atoms with Gasteiger partial charge in [0, 0.05) is 3.82 Å². The Labute approximate surface area is 143 Å². The number of nitrogens with two attached hydrogens (primary N) is 1. The van der Waals surface area contributed by atoms with Crippen molar-refractivity contribution in [1.29, 1.82) is 0 Å². The number of aromatic hydroxyl groups is 2. The summed E-state index contributed by atoms with van der Waals surface area (Å²) in [6.07, 6.45) is 0. The zero-order valence-corrected chi connectivity index (χ0v) is 14.0. The van der Waals surface area contributed by atoms with E-state index in [0.717, 1.165) is 48.5 Å². The van der Waals surface area contributed by atoms with Gasteiger partial charge in [0.2, 0.25) is 0 Å². The van der Waals surface area contributed by atoms with Crippen molar-refractivity contribution in [2.24, 2.45) is 5.73 Å². The number of rotatable bonds is 5. The molecule has 2 amide bonds. The Morgan fingerprint density at radius 2 is 1.12 bits per heavy atom. The molecule has 0 heterocycles. The molecule has 2 aromatic carbocycles. The standard InChI is InChI=1S/C13H13N3O7S2/c14-13(19)15-16(24(20,21)11-5-1-9(17)2-6-11)25(22,23)12-7-3-10(18)4-8-12/h1-8,17-18H,(H3,14,15,19). The van der Waals surface area contributed by atoms with Crippen molar-refractivity contribution in [3.63, 3.8) is 0 Å². The van der Waals surface area contributed by atoms with Crippen molar-refractivity contribution in [3.8, 4) is 11.5 Å². The van der Waals surface area contributed by atoms with Crippen LogP contribution in [0.5, 0.6) is 11.5 Å². The highest BCUT2D eigenvalue weighted by atomic mass is 32.3. The summed E-state index contributed by atoms with van der Waals surface area (Å²) in [5.74, 6) is -0.482. The van der Waals surface area contributed by atoms with Crippen LogP contribution in [0.4, 0.5) is 4.79 Å². The molecule has 2 rings (SSSR count). The van der Waals surface area contributed by atoms with Gasteiger partial charge in [-0.2, -0.15) is 0 Å². The van der Waals surface area contributed by atoms with Crippen LogP contribution in [0, 0.1) is 0 Å². The van der Waals surface area contributed by atoms with Crippen LogP contribution in [-0.2, 0) is 20.0 Å². The Balaban J connectivity index is 2.60. The molecule has 5 N–H and O–H groups in total. The molecule has 0 aliphatic rings.